The standard InChI is InChI=1S/C21H40N2O/c1-20(24)16-14-12-10-8-6-4-2-3-5-7-9-11-13-15-17-21-22-18-19-23-21/h15,17,20,24H,2-14,16,18-19H2,1H3,(H,22,23). The Morgan fingerprint density at radius 2 is 1.46 bits per heavy atom. The van der Waals surface area contributed by atoms with Gasteiger partial charge in [-0.2, -0.15) is 0 Å². The van der Waals surface area contributed by atoms with E-state index in [1.807, 2.05) is 6.92 Å². The lowest BCUT2D eigenvalue weighted by atomic mass is 10.0. The van der Waals surface area contributed by atoms with Gasteiger partial charge >= 0.3 is 0 Å². The second-order valence-electron chi connectivity index (χ2n) is 7.27. The van der Waals surface area contributed by atoms with Gasteiger partial charge in [-0.25, -0.2) is 0 Å². The normalized spacial score (nSPS) is 15.7. The average Bonchev–Trinajstić information content (AvgIpc) is 3.07. The number of nitrogens with zero attached hydrogens (tertiary/aromatic N) is 1. The second-order valence-corrected chi connectivity index (χ2v) is 7.27. The van der Waals surface area contributed by atoms with E-state index in [4.69, 9.17) is 0 Å². The maximum Gasteiger partial charge on any atom is 0.120 e. The van der Waals surface area contributed by atoms with E-state index in [2.05, 4.69) is 22.5 Å². The molecule has 3 nitrogen and oxygen atoms in total. The fourth-order valence-corrected chi connectivity index (χ4v) is 3.19. The van der Waals surface area contributed by atoms with Crippen LogP contribution in [0.4, 0.5) is 0 Å². The fraction of sp³-hybridized carbons (Fsp3) is 0.857. The number of aliphatic hydroxyl groups excluding tert-OH is 1. The molecule has 0 spiro atoms. The van der Waals surface area contributed by atoms with Crippen LogP contribution in [-0.2, 0) is 0 Å². The minimum absolute atomic E-state index is 0.111. The van der Waals surface area contributed by atoms with Crippen molar-refractivity contribution in [3.05, 3.63) is 12.2 Å². The molecule has 1 aliphatic heterocycles. The summed E-state index contributed by atoms with van der Waals surface area (Å²) < 4.78 is 0. The van der Waals surface area contributed by atoms with E-state index in [1.165, 1.54) is 83.5 Å². The van der Waals surface area contributed by atoms with Gasteiger partial charge in [0.25, 0.3) is 0 Å². The van der Waals surface area contributed by atoms with E-state index in [0.29, 0.717) is 0 Å². The summed E-state index contributed by atoms with van der Waals surface area (Å²) in [5.41, 5.74) is 0. The zero-order chi connectivity index (χ0) is 17.3. The Balaban J connectivity index is 1.70. The van der Waals surface area contributed by atoms with Crippen LogP contribution >= 0.6 is 0 Å². The van der Waals surface area contributed by atoms with Gasteiger partial charge in [0.05, 0.1) is 12.6 Å². The van der Waals surface area contributed by atoms with Crippen LogP contribution < -0.4 is 5.32 Å². The summed E-state index contributed by atoms with van der Waals surface area (Å²) in [6.45, 7) is 3.82. The van der Waals surface area contributed by atoms with Crippen LogP contribution in [0.25, 0.3) is 0 Å². The Bertz CT molecular complexity index is 337. The highest BCUT2D eigenvalue weighted by Gasteiger charge is 1.99. The van der Waals surface area contributed by atoms with Gasteiger partial charge in [-0.3, -0.25) is 4.99 Å². The minimum Gasteiger partial charge on any atom is -0.393 e. The number of aliphatic hydroxyl groups is 1. The summed E-state index contributed by atoms with van der Waals surface area (Å²) in [5, 5.41) is 12.5. The van der Waals surface area contributed by atoms with E-state index in [1.54, 1.807) is 0 Å². The third-order valence-electron chi connectivity index (χ3n) is 4.72. The number of amidine groups is 1. The smallest absolute Gasteiger partial charge is 0.120 e. The molecule has 1 aliphatic rings. The molecule has 0 fully saturated rings. The quantitative estimate of drug-likeness (QED) is 0.371. The van der Waals surface area contributed by atoms with Crippen molar-refractivity contribution in [1.82, 2.24) is 5.32 Å². The van der Waals surface area contributed by atoms with Crippen molar-refractivity contribution in [1.29, 1.82) is 0 Å². The van der Waals surface area contributed by atoms with Gasteiger partial charge in [0.1, 0.15) is 5.84 Å². The van der Waals surface area contributed by atoms with E-state index < -0.39 is 0 Å². The number of nitrogens with one attached hydrogen (secondary N) is 1. The molecule has 0 radical (unpaired) electrons. The Morgan fingerprint density at radius 3 is 1.96 bits per heavy atom. The van der Waals surface area contributed by atoms with E-state index in [-0.39, 0.29) is 6.10 Å². The monoisotopic (exact) mass is 336 g/mol. The lowest BCUT2D eigenvalue weighted by Crippen LogP contribution is -2.15. The number of aliphatic imine (C=N–C) groups is 1. The topological polar surface area (TPSA) is 44.6 Å². The van der Waals surface area contributed by atoms with Crippen LogP contribution in [0.2, 0.25) is 0 Å². The molecule has 0 aliphatic carbocycles. The van der Waals surface area contributed by atoms with Crippen molar-refractivity contribution in [3.63, 3.8) is 0 Å². The van der Waals surface area contributed by atoms with Gasteiger partial charge in [0.2, 0.25) is 0 Å². The van der Waals surface area contributed by atoms with Crippen molar-refractivity contribution in [2.45, 2.75) is 103 Å². The molecule has 0 aromatic heterocycles. The van der Waals surface area contributed by atoms with Crippen molar-refractivity contribution in [3.8, 4) is 0 Å². The summed E-state index contributed by atoms with van der Waals surface area (Å²) in [4.78, 5) is 4.35. The first-order chi connectivity index (χ1) is 11.8. The van der Waals surface area contributed by atoms with Crippen LogP contribution in [0.1, 0.15) is 96.8 Å². The molecule has 0 aromatic rings. The molecule has 24 heavy (non-hydrogen) atoms. The van der Waals surface area contributed by atoms with E-state index in [9.17, 15) is 5.11 Å². The molecule has 2 N–H and O–H groups in total. The number of allylic oxidation sites excluding steroid dienone is 1. The van der Waals surface area contributed by atoms with Crippen LogP contribution in [0, 0.1) is 0 Å². The van der Waals surface area contributed by atoms with Gasteiger partial charge in [0.15, 0.2) is 0 Å². The fourth-order valence-electron chi connectivity index (χ4n) is 3.19. The second kappa shape index (κ2) is 15.7. The van der Waals surface area contributed by atoms with Crippen LogP contribution in [-0.4, -0.2) is 30.1 Å². The van der Waals surface area contributed by atoms with E-state index >= 15 is 0 Å². The van der Waals surface area contributed by atoms with Crippen molar-refractivity contribution < 1.29 is 5.11 Å². The molecule has 0 amide bonds. The summed E-state index contributed by atoms with van der Waals surface area (Å²) in [6, 6.07) is 0. The molecule has 1 unspecified atom stereocenters. The Labute approximate surface area is 150 Å². The number of rotatable bonds is 16. The lowest BCUT2D eigenvalue weighted by molar-refractivity contribution is 0.180. The molecule has 1 heterocycles. The summed E-state index contributed by atoms with van der Waals surface area (Å²) in [7, 11) is 0. The predicted molar refractivity (Wildman–Crippen MR) is 106 cm³/mol. The predicted octanol–water partition coefficient (Wildman–Crippen LogP) is 5.39. The van der Waals surface area contributed by atoms with Gasteiger partial charge in [-0.05, 0) is 32.3 Å². The molecule has 1 atom stereocenters. The molecule has 0 aromatic carbocycles. The highest BCUT2D eigenvalue weighted by Crippen LogP contribution is 2.13. The molecule has 0 bridgehead atoms. The van der Waals surface area contributed by atoms with Crippen molar-refractivity contribution >= 4 is 5.84 Å². The lowest BCUT2D eigenvalue weighted by Gasteiger charge is -2.04. The Hall–Kier alpha value is -0.830. The highest BCUT2D eigenvalue weighted by molar-refractivity contribution is 5.93. The number of unbranched alkanes of at least 4 members (excludes halogenated alkanes) is 12. The number of hydrogen-bond donors (Lipinski definition) is 2. The first-order valence-corrected chi connectivity index (χ1v) is 10.4. The molecular formula is C21H40N2O. The first-order valence-electron chi connectivity index (χ1n) is 10.4. The zero-order valence-electron chi connectivity index (χ0n) is 15.9. The zero-order valence-corrected chi connectivity index (χ0v) is 15.9. The maximum absolute atomic E-state index is 9.19. The first kappa shape index (κ1) is 21.2. The summed E-state index contributed by atoms with van der Waals surface area (Å²) >= 11 is 0. The molecule has 3 heteroatoms. The van der Waals surface area contributed by atoms with Gasteiger partial charge in [0, 0.05) is 6.54 Å². The Kier molecular flexibility index (Phi) is 13.9. The molecule has 0 saturated heterocycles. The minimum atomic E-state index is -0.111. The SMILES string of the molecule is CC(O)CCCCCCCCCCCCCCC=CC1=NCCN1. The van der Waals surface area contributed by atoms with Crippen molar-refractivity contribution in [2.24, 2.45) is 4.99 Å². The summed E-state index contributed by atoms with van der Waals surface area (Å²) in [5.74, 6) is 1.07. The van der Waals surface area contributed by atoms with Crippen LogP contribution in [0.15, 0.2) is 17.1 Å². The molecule has 0 saturated carbocycles. The molecular weight excluding hydrogens is 296 g/mol. The highest BCUT2D eigenvalue weighted by atomic mass is 16.3. The van der Waals surface area contributed by atoms with Crippen molar-refractivity contribution in [2.75, 3.05) is 13.1 Å². The average molecular weight is 337 g/mol. The van der Waals surface area contributed by atoms with Gasteiger partial charge in [-0.1, -0.05) is 76.7 Å². The third kappa shape index (κ3) is 13.6. The van der Waals surface area contributed by atoms with E-state index in [0.717, 1.165) is 25.3 Å². The van der Waals surface area contributed by atoms with Crippen LogP contribution in [0.3, 0.4) is 0 Å². The number of hydrogen-bond acceptors (Lipinski definition) is 3. The third-order valence-corrected chi connectivity index (χ3v) is 4.72. The molecule has 140 valence electrons. The largest absolute Gasteiger partial charge is 0.393 e. The maximum atomic E-state index is 9.19. The van der Waals surface area contributed by atoms with Gasteiger partial charge < -0.3 is 10.4 Å². The Morgan fingerprint density at radius 1 is 0.917 bits per heavy atom. The van der Waals surface area contributed by atoms with Crippen LogP contribution in [0.5, 0.6) is 0 Å². The summed E-state index contributed by atoms with van der Waals surface area (Å²) in [6.07, 6.45) is 22.8. The molecule has 1 rings (SSSR count). The van der Waals surface area contributed by atoms with Gasteiger partial charge in [-0.15, -0.1) is 0 Å².